The molecule has 2 saturated carbocycles. The van der Waals surface area contributed by atoms with Crippen molar-refractivity contribution in [2.75, 3.05) is 17.7 Å². The number of urea groups is 1. The van der Waals surface area contributed by atoms with Crippen LogP contribution in [0.2, 0.25) is 0 Å². The molecule has 0 bridgehead atoms. The summed E-state index contributed by atoms with van der Waals surface area (Å²) in [4.78, 5) is 30.9. The van der Waals surface area contributed by atoms with Crippen LogP contribution in [0.3, 0.4) is 0 Å². The molecule has 6 nitrogen and oxygen atoms in total. The lowest BCUT2D eigenvalue weighted by Gasteiger charge is -2.44. The van der Waals surface area contributed by atoms with E-state index in [9.17, 15) is 9.59 Å². The highest BCUT2D eigenvalue weighted by Crippen LogP contribution is 2.35. The first-order valence-electron chi connectivity index (χ1n) is 9.90. The third kappa shape index (κ3) is 5.60. The predicted octanol–water partition coefficient (Wildman–Crippen LogP) is 4.76. The lowest BCUT2D eigenvalue weighted by atomic mass is 9.83. The maximum Gasteiger partial charge on any atom is 0.324 e. The molecule has 2 amide bonds. The number of thiazole rings is 1. The molecule has 1 aromatic heterocycles. The molecule has 150 valence electrons. The standard InChI is InChI=1S/C19H29N3O3S2/c1-3-25-16(23)12-26-17-11-20-18(27-17)21-19(24)22(14-5-4-6-14)15-9-7-13(2)8-10-15/h11,13-15H,3-10,12H2,1-2H3,(H,20,21,24)/t13-,15-. The van der Waals surface area contributed by atoms with Crippen LogP contribution in [0.4, 0.5) is 9.93 Å². The topological polar surface area (TPSA) is 71.5 Å². The van der Waals surface area contributed by atoms with Gasteiger partial charge in [-0.15, -0.1) is 11.8 Å². The van der Waals surface area contributed by atoms with E-state index >= 15 is 0 Å². The highest BCUT2D eigenvalue weighted by Gasteiger charge is 2.36. The fraction of sp³-hybridized carbons (Fsp3) is 0.737. The van der Waals surface area contributed by atoms with Gasteiger partial charge < -0.3 is 9.64 Å². The average Bonchev–Trinajstić information content (AvgIpc) is 3.05. The van der Waals surface area contributed by atoms with Crippen LogP contribution in [0.25, 0.3) is 0 Å². The molecular weight excluding hydrogens is 382 g/mol. The molecular formula is C19H29N3O3S2. The first-order chi connectivity index (χ1) is 13.1. The minimum Gasteiger partial charge on any atom is -0.465 e. The summed E-state index contributed by atoms with van der Waals surface area (Å²) < 4.78 is 5.84. The van der Waals surface area contributed by atoms with Crippen LogP contribution in [0.1, 0.15) is 58.8 Å². The lowest BCUT2D eigenvalue weighted by molar-refractivity contribution is -0.139. The van der Waals surface area contributed by atoms with Crippen LogP contribution in [0.15, 0.2) is 10.4 Å². The summed E-state index contributed by atoms with van der Waals surface area (Å²) >= 11 is 2.80. The molecule has 1 heterocycles. The minimum absolute atomic E-state index is 0.0180. The first kappa shape index (κ1) is 20.5. The van der Waals surface area contributed by atoms with Crippen molar-refractivity contribution in [2.24, 2.45) is 5.92 Å². The number of carbonyl (C=O) groups is 2. The van der Waals surface area contributed by atoms with Crippen LogP contribution in [0, 0.1) is 5.92 Å². The molecule has 2 aliphatic carbocycles. The summed E-state index contributed by atoms with van der Waals surface area (Å²) in [7, 11) is 0. The highest BCUT2D eigenvalue weighted by molar-refractivity contribution is 8.01. The van der Waals surface area contributed by atoms with E-state index in [4.69, 9.17) is 4.74 Å². The molecule has 2 fully saturated rings. The summed E-state index contributed by atoms with van der Waals surface area (Å²) in [6.45, 7) is 4.49. The lowest BCUT2D eigenvalue weighted by Crippen LogP contribution is -2.52. The Morgan fingerprint density at radius 3 is 2.59 bits per heavy atom. The van der Waals surface area contributed by atoms with E-state index in [1.165, 1.54) is 42.4 Å². The van der Waals surface area contributed by atoms with Crippen molar-refractivity contribution in [1.29, 1.82) is 0 Å². The number of hydrogen-bond donors (Lipinski definition) is 1. The second kappa shape index (κ2) is 9.78. The van der Waals surface area contributed by atoms with E-state index in [0.717, 1.165) is 35.8 Å². The Balaban J connectivity index is 1.56. The zero-order chi connectivity index (χ0) is 19.2. The smallest absolute Gasteiger partial charge is 0.324 e. The Hall–Kier alpha value is -1.28. The zero-order valence-electron chi connectivity index (χ0n) is 16.1. The number of ether oxygens (including phenoxy) is 1. The predicted molar refractivity (Wildman–Crippen MR) is 109 cm³/mol. The monoisotopic (exact) mass is 411 g/mol. The Morgan fingerprint density at radius 2 is 1.96 bits per heavy atom. The van der Waals surface area contributed by atoms with Gasteiger partial charge in [0, 0.05) is 12.1 Å². The fourth-order valence-corrected chi connectivity index (χ4v) is 5.35. The van der Waals surface area contributed by atoms with Gasteiger partial charge in [-0.05, 0) is 57.8 Å². The number of carbonyl (C=O) groups excluding carboxylic acids is 2. The number of nitrogens with zero attached hydrogens (tertiary/aromatic N) is 2. The Morgan fingerprint density at radius 1 is 1.26 bits per heavy atom. The molecule has 2 aliphatic rings. The molecule has 0 spiro atoms. The average molecular weight is 412 g/mol. The minimum atomic E-state index is -0.232. The van der Waals surface area contributed by atoms with Crippen molar-refractivity contribution in [3.05, 3.63) is 6.20 Å². The van der Waals surface area contributed by atoms with Gasteiger partial charge >= 0.3 is 12.0 Å². The van der Waals surface area contributed by atoms with E-state index in [2.05, 4.69) is 22.1 Å². The van der Waals surface area contributed by atoms with E-state index < -0.39 is 0 Å². The number of thioether (sulfide) groups is 1. The number of amides is 2. The number of esters is 1. The molecule has 1 N–H and O–H groups in total. The van der Waals surface area contributed by atoms with Crippen molar-refractivity contribution < 1.29 is 14.3 Å². The number of hydrogen-bond acceptors (Lipinski definition) is 6. The van der Waals surface area contributed by atoms with E-state index in [-0.39, 0.29) is 17.8 Å². The Bertz CT molecular complexity index is 640. The molecule has 0 radical (unpaired) electrons. The molecule has 27 heavy (non-hydrogen) atoms. The second-order valence-electron chi connectivity index (χ2n) is 7.41. The maximum atomic E-state index is 13.0. The number of rotatable bonds is 7. The number of nitrogens with one attached hydrogen (secondary N) is 1. The van der Waals surface area contributed by atoms with Crippen LogP contribution in [0.5, 0.6) is 0 Å². The second-order valence-corrected chi connectivity index (χ2v) is 9.72. The van der Waals surface area contributed by atoms with Gasteiger partial charge in [0.25, 0.3) is 0 Å². The van der Waals surface area contributed by atoms with Gasteiger partial charge in [0.15, 0.2) is 5.13 Å². The van der Waals surface area contributed by atoms with E-state index in [1.54, 1.807) is 13.1 Å². The van der Waals surface area contributed by atoms with Crippen molar-refractivity contribution in [1.82, 2.24) is 9.88 Å². The van der Waals surface area contributed by atoms with Crippen molar-refractivity contribution >= 4 is 40.2 Å². The van der Waals surface area contributed by atoms with Gasteiger partial charge in [-0.25, -0.2) is 9.78 Å². The largest absolute Gasteiger partial charge is 0.465 e. The maximum absolute atomic E-state index is 13.0. The van der Waals surface area contributed by atoms with Gasteiger partial charge in [0.2, 0.25) is 0 Å². The van der Waals surface area contributed by atoms with Crippen molar-refractivity contribution in [3.8, 4) is 0 Å². The van der Waals surface area contributed by atoms with Crippen molar-refractivity contribution in [2.45, 2.75) is 75.1 Å². The molecule has 0 atom stereocenters. The SMILES string of the molecule is CCOC(=O)CSc1cnc(NC(=O)N(C2CCC2)[C@H]2CC[C@H](C)CC2)s1. The quantitative estimate of drug-likeness (QED) is 0.517. The molecule has 0 unspecified atom stereocenters. The van der Waals surface area contributed by atoms with Crippen LogP contribution in [-0.4, -0.2) is 46.3 Å². The third-order valence-corrected chi connectivity index (χ3v) is 7.50. The number of anilines is 1. The van der Waals surface area contributed by atoms with Crippen LogP contribution >= 0.6 is 23.1 Å². The van der Waals surface area contributed by atoms with Gasteiger partial charge in [0.05, 0.1) is 22.8 Å². The summed E-state index contributed by atoms with van der Waals surface area (Å²) in [5, 5.41) is 3.59. The Kier molecular flexibility index (Phi) is 7.41. The number of aromatic nitrogens is 1. The van der Waals surface area contributed by atoms with Crippen LogP contribution < -0.4 is 5.32 Å². The normalized spacial score (nSPS) is 22.7. The zero-order valence-corrected chi connectivity index (χ0v) is 17.7. The summed E-state index contributed by atoms with van der Waals surface area (Å²) in [5.74, 6) is 0.799. The van der Waals surface area contributed by atoms with Gasteiger partial charge in [0.1, 0.15) is 0 Å². The molecule has 0 aliphatic heterocycles. The van der Waals surface area contributed by atoms with E-state index in [1.807, 2.05) is 0 Å². The van der Waals surface area contributed by atoms with Gasteiger partial charge in [-0.1, -0.05) is 18.3 Å². The summed E-state index contributed by atoms with van der Waals surface area (Å²) in [6.07, 6.45) is 9.74. The van der Waals surface area contributed by atoms with Gasteiger partial charge in [-0.3, -0.25) is 10.1 Å². The summed E-state index contributed by atoms with van der Waals surface area (Å²) in [5.41, 5.74) is 0. The molecule has 1 aromatic rings. The summed E-state index contributed by atoms with van der Waals surface area (Å²) in [6, 6.07) is 0.709. The third-order valence-electron chi connectivity index (χ3n) is 5.42. The Labute approximate surface area is 169 Å². The van der Waals surface area contributed by atoms with E-state index in [0.29, 0.717) is 23.8 Å². The first-order valence-corrected chi connectivity index (χ1v) is 11.7. The molecule has 0 saturated heterocycles. The fourth-order valence-electron chi connectivity index (χ4n) is 3.69. The van der Waals surface area contributed by atoms with Gasteiger partial charge in [-0.2, -0.15) is 0 Å². The molecule has 3 rings (SSSR count). The highest BCUT2D eigenvalue weighted by atomic mass is 32.2. The molecule has 8 heteroatoms. The van der Waals surface area contributed by atoms with Crippen LogP contribution in [-0.2, 0) is 9.53 Å². The molecule has 0 aromatic carbocycles. The van der Waals surface area contributed by atoms with Crippen molar-refractivity contribution in [3.63, 3.8) is 0 Å².